The van der Waals surface area contributed by atoms with Gasteiger partial charge in [-0.3, -0.25) is 4.79 Å². The molecule has 0 saturated heterocycles. The molecule has 4 nitrogen and oxygen atoms in total. The number of carbonyl (C=O) groups excluding carboxylic acids is 1. The van der Waals surface area contributed by atoms with Gasteiger partial charge in [0.05, 0.1) is 7.11 Å². The van der Waals surface area contributed by atoms with E-state index in [1.807, 2.05) is 13.8 Å². The van der Waals surface area contributed by atoms with E-state index in [0.717, 1.165) is 43.6 Å². The van der Waals surface area contributed by atoms with Gasteiger partial charge in [0.15, 0.2) is 0 Å². The summed E-state index contributed by atoms with van der Waals surface area (Å²) in [6, 6.07) is 4.13. The zero-order valence-corrected chi connectivity index (χ0v) is 21.6. The van der Waals surface area contributed by atoms with Gasteiger partial charge in [-0.05, 0) is 70.1 Å². The van der Waals surface area contributed by atoms with Crippen LogP contribution in [0.3, 0.4) is 0 Å². The molecule has 2 atom stereocenters. The van der Waals surface area contributed by atoms with Crippen molar-refractivity contribution in [3.05, 3.63) is 34.9 Å². The highest BCUT2D eigenvalue weighted by molar-refractivity contribution is 5.94. The maximum atomic E-state index is 13.3. The molecule has 2 aliphatic rings. The van der Waals surface area contributed by atoms with E-state index >= 15 is 0 Å². The predicted molar refractivity (Wildman–Crippen MR) is 127 cm³/mol. The fraction of sp³-hybridized carbons (Fsp3) is 0.667. The van der Waals surface area contributed by atoms with Crippen molar-refractivity contribution in [2.75, 3.05) is 7.11 Å². The van der Waals surface area contributed by atoms with E-state index in [0.29, 0.717) is 24.2 Å². The van der Waals surface area contributed by atoms with Crippen LogP contribution < -0.4 is 14.8 Å². The number of hydrogen-bond donors (Lipinski definition) is 1. The molecule has 0 unspecified atom stereocenters. The van der Waals surface area contributed by atoms with E-state index in [1.165, 1.54) is 0 Å². The number of methoxy groups -OCH3 is 1. The second-order valence-corrected chi connectivity index (χ2v) is 11.4. The Balaban J connectivity index is 2.01. The van der Waals surface area contributed by atoms with Crippen LogP contribution >= 0.6 is 0 Å². The number of benzene rings is 1. The number of hydrogen-bond acceptors (Lipinski definition) is 3. The fourth-order valence-corrected chi connectivity index (χ4v) is 5.33. The van der Waals surface area contributed by atoms with E-state index in [4.69, 9.17) is 9.47 Å². The molecule has 0 spiro atoms. The Hall–Kier alpha value is -2.18. The minimum absolute atomic E-state index is 0.0654. The van der Waals surface area contributed by atoms with Gasteiger partial charge in [-0.1, -0.05) is 33.3 Å². The summed E-state index contributed by atoms with van der Waals surface area (Å²) < 4.78 is 52.4. The number of ether oxygens (including phenoxy) is 2. The van der Waals surface area contributed by atoms with Crippen molar-refractivity contribution in [1.82, 2.24) is 5.32 Å². The number of halogens is 3. The number of fused-ring (bicyclic) bond motifs is 3. The van der Waals surface area contributed by atoms with E-state index in [9.17, 15) is 18.0 Å². The molecule has 1 aliphatic heterocycles. The van der Waals surface area contributed by atoms with Crippen LogP contribution in [-0.4, -0.2) is 30.3 Å². The summed E-state index contributed by atoms with van der Waals surface area (Å²) in [5.41, 5.74) is -0.486. The zero-order valence-electron chi connectivity index (χ0n) is 21.6. The number of allylic oxidation sites excluding steroid dienone is 1. The lowest BCUT2D eigenvalue weighted by Crippen LogP contribution is -2.55. The average molecular weight is 482 g/mol. The number of rotatable bonds is 6. The molecule has 1 aromatic carbocycles. The van der Waals surface area contributed by atoms with Crippen molar-refractivity contribution in [1.29, 1.82) is 0 Å². The largest absolute Gasteiger partial charge is 0.496 e. The van der Waals surface area contributed by atoms with Gasteiger partial charge < -0.3 is 14.8 Å². The van der Waals surface area contributed by atoms with Gasteiger partial charge in [0.25, 0.3) is 0 Å². The minimum atomic E-state index is -4.54. The molecule has 3 rings (SSSR count). The topological polar surface area (TPSA) is 47.6 Å². The van der Waals surface area contributed by atoms with Crippen LogP contribution in [0.15, 0.2) is 23.8 Å². The molecule has 34 heavy (non-hydrogen) atoms. The summed E-state index contributed by atoms with van der Waals surface area (Å²) in [4.78, 5) is 12.9. The molecular weight excluding hydrogens is 443 g/mol. The highest BCUT2D eigenvalue weighted by Gasteiger charge is 2.50. The van der Waals surface area contributed by atoms with Gasteiger partial charge in [0.2, 0.25) is 5.91 Å². The third-order valence-electron chi connectivity index (χ3n) is 7.59. The van der Waals surface area contributed by atoms with Crippen LogP contribution in [-0.2, 0) is 10.2 Å². The molecule has 0 saturated carbocycles. The summed E-state index contributed by atoms with van der Waals surface area (Å²) in [6.07, 6.45) is 0.146. The first-order valence-electron chi connectivity index (χ1n) is 12.0. The Bertz CT molecular complexity index is 976. The predicted octanol–water partition coefficient (Wildman–Crippen LogP) is 6.82. The van der Waals surface area contributed by atoms with Crippen molar-refractivity contribution in [2.24, 2.45) is 5.92 Å². The van der Waals surface area contributed by atoms with Gasteiger partial charge >= 0.3 is 6.18 Å². The quantitative estimate of drug-likeness (QED) is 0.485. The Morgan fingerprint density at radius 1 is 1.21 bits per heavy atom. The maximum Gasteiger partial charge on any atom is 0.410 e. The lowest BCUT2D eigenvalue weighted by molar-refractivity contribution is -0.187. The van der Waals surface area contributed by atoms with Crippen LogP contribution in [0.25, 0.3) is 0 Å². The SMILES string of the molecule is CCCC(C)(C)c1cc(OC)c2c(c1)OC(C)(C)[C@@H]1CC=C(C(=O)NC(C)(C)C(F)(F)F)C[C@@H]21. The third kappa shape index (κ3) is 4.80. The van der Waals surface area contributed by atoms with Gasteiger partial charge in [-0.2, -0.15) is 13.2 Å². The van der Waals surface area contributed by atoms with Gasteiger partial charge in [0.1, 0.15) is 22.6 Å². The molecule has 0 aromatic heterocycles. The Morgan fingerprint density at radius 3 is 2.41 bits per heavy atom. The van der Waals surface area contributed by atoms with Crippen molar-refractivity contribution >= 4 is 5.91 Å². The van der Waals surface area contributed by atoms with Crippen LogP contribution in [0.1, 0.15) is 91.2 Å². The van der Waals surface area contributed by atoms with Crippen LogP contribution in [0.4, 0.5) is 13.2 Å². The molecule has 0 bridgehead atoms. The molecule has 0 radical (unpaired) electrons. The fourth-order valence-electron chi connectivity index (χ4n) is 5.33. The summed E-state index contributed by atoms with van der Waals surface area (Å²) in [6.45, 7) is 12.6. The number of amides is 1. The van der Waals surface area contributed by atoms with E-state index in [2.05, 4.69) is 38.2 Å². The molecule has 1 amide bonds. The molecule has 1 aromatic rings. The summed E-state index contributed by atoms with van der Waals surface area (Å²) in [5.74, 6) is 0.736. The Labute approximate surface area is 201 Å². The first-order valence-corrected chi connectivity index (χ1v) is 12.0. The number of carbonyl (C=O) groups is 1. The molecule has 7 heteroatoms. The first kappa shape index (κ1) is 26.4. The minimum Gasteiger partial charge on any atom is -0.496 e. The monoisotopic (exact) mass is 481 g/mol. The Morgan fingerprint density at radius 2 is 1.85 bits per heavy atom. The standard InChI is InChI=1S/C27H38F3NO3/c1-9-12-24(2,3)17-14-20(33-8)22-18-13-16(23(32)31-26(6,7)27(28,29)30)10-11-19(18)25(4,5)34-21(22)15-17/h10,14-15,18-19H,9,11-13H2,1-8H3,(H,31,32)/t18-,19-/m1/s1. The lowest BCUT2D eigenvalue weighted by Gasteiger charge is -2.47. The molecule has 190 valence electrons. The molecule has 1 N–H and O–H groups in total. The lowest BCUT2D eigenvalue weighted by atomic mass is 9.66. The molecule has 0 fully saturated rings. The summed E-state index contributed by atoms with van der Waals surface area (Å²) in [7, 11) is 1.62. The Kier molecular flexibility index (Phi) is 6.84. The van der Waals surface area contributed by atoms with Gasteiger partial charge in [-0.15, -0.1) is 0 Å². The van der Waals surface area contributed by atoms with Gasteiger partial charge in [0, 0.05) is 23.0 Å². The van der Waals surface area contributed by atoms with E-state index in [-0.39, 0.29) is 17.3 Å². The molecule has 1 heterocycles. The number of alkyl halides is 3. The number of nitrogens with one attached hydrogen (secondary N) is 1. The first-order chi connectivity index (χ1) is 15.5. The van der Waals surface area contributed by atoms with Crippen molar-refractivity contribution in [3.8, 4) is 11.5 Å². The average Bonchev–Trinajstić information content (AvgIpc) is 2.70. The van der Waals surface area contributed by atoms with Crippen molar-refractivity contribution < 1.29 is 27.4 Å². The zero-order chi connectivity index (χ0) is 25.7. The smallest absolute Gasteiger partial charge is 0.410 e. The van der Waals surface area contributed by atoms with Crippen LogP contribution in [0.5, 0.6) is 11.5 Å². The summed E-state index contributed by atoms with van der Waals surface area (Å²) >= 11 is 0. The maximum absolute atomic E-state index is 13.3. The molecular formula is C27H38F3NO3. The van der Waals surface area contributed by atoms with Crippen molar-refractivity contribution in [2.45, 2.75) is 103 Å². The molecule has 1 aliphatic carbocycles. The second-order valence-electron chi connectivity index (χ2n) is 11.4. The summed E-state index contributed by atoms with van der Waals surface area (Å²) in [5, 5.41) is 2.18. The van der Waals surface area contributed by atoms with Crippen LogP contribution in [0.2, 0.25) is 0 Å². The van der Waals surface area contributed by atoms with Gasteiger partial charge in [-0.25, -0.2) is 0 Å². The third-order valence-corrected chi connectivity index (χ3v) is 7.59. The highest BCUT2D eigenvalue weighted by atomic mass is 19.4. The van der Waals surface area contributed by atoms with E-state index < -0.39 is 23.2 Å². The normalized spacial score (nSPS) is 22.1. The van der Waals surface area contributed by atoms with E-state index in [1.54, 1.807) is 13.2 Å². The van der Waals surface area contributed by atoms with Crippen LogP contribution in [0, 0.1) is 5.92 Å². The van der Waals surface area contributed by atoms with Crippen molar-refractivity contribution in [3.63, 3.8) is 0 Å². The second kappa shape index (κ2) is 8.80. The highest BCUT2D eigenvalue weighted by Crippen LogP contribution is 2.55.